The Morgan fingerprint density at radius 2 is 1.85 bits per heavy atom. The summed E-state index contributed by atoms with van der Waals surface area (Å²) in [7, 11) is -3.39. The highest BCUT2D eigenvalue weighted by molar-refractivity contribution is 7.61. The van der Waals surface area contributed by atoms with Gasteiger partial charge in [0.1, 0.15) is 16.2 Å². The molecular weight excluding hydrogens is 559 g/mol. The van der Waals surface area contributed by atoms with Crippen LogP contribution >= 0.6 is 18.9 Å². The molecule has 1 aliphatic carbocycles. The average molecular weight is 593 g/mol. The fourth-order valence-electron chi connectivity index (χ4n) is 6.53. The third kappa shape index (κ3) is 4.93. The fourth-order valence-corrected chi connectivity index (χ4v) is 10.7. The number of anilines is 1. The zero-order valence-corrected chi connectivity index (χ0v) is 24.6. The van der Waals surface area contributed by atoms with Crippen molar-refractivity contribution in [1.29, 1.82) is 0 Å². The van der Waals surface area contributed by atoms with Crippen molar-refractivity contribution in [3.8, 4) is 21.8 Å². The van der Waals surface area contributed by atoms with E-state index in [2.05, 4.69) is 11.9 Å². The molecule has 0 radical (unpaired) electrons. The minimum Gasteiger partial charge on any atom is -0.477 e. The lowest BCUT2D eigenvalue weighted by atomic mass is 9.91. The van der Waals surface area contributed by atoms with Gasteiger partial charge in [-0.1, -0.05) is 31.2 Å². The lowest BCUT2D eigenvalue weighted by molar-refractivity contribution is -0.00964. The number of thiophene rings is 1. The SMILES string of the molecule is CC1CCC([P@@]2(=O)OCC3CC(CCO3)N2c2cc(-c3ccc(-c4cc5ncccc5o4)cc3)sc2C(=O)O)CC1. The molecule has 2 unspecified atom stereocenters. The molecule has 214 valence electrons. The van der Waals surface area contributed by atoms with Crippen LogP contribution in [-0.2, 0) is 13.8 Å². The minimum absolute atomic E-state index is 0.0916. The Morgan fingerprint density at radius 3 is 2.61 bits per heavy atom. The summed E-state index contributed by atoms with van der Waals surface area (Å²) in [6.07, 6.45) is 6.65. The van der Waals surface area contributed by atoms with E-state index in [1.807, 2.05) is 53.2 Å². The van der Waals surface area contributed by atoms with Gasteiger partial charge in [0, 0.05) is 35.4 Å². The molecule has 2 saturated heterocycles. The van der Waals surface area contributed by atoms with Gasteiger partial charge in [0.25, 0.3) is 7.52 Å². The normalized spacial score (nSPS) is 28.5. The summed E-state index contributed by atoms with van der Waals surface area (Å²) in [5, 5.41) is 10.3. The van der Waals surface area contributed by atoms with Crippen molar-refractivity contribution in [2.75, 3.05) is 17.9 Å². The highest BCUT2D eigenvalue weighted by Gasteiger charge is 2.50. The first-order valence-corrected chi connectivity index (χ1v) is 16.8. The van der Waals surface area contributed by atoms with Gasteiger partial charge in [0.05, 0.1) is 24.1 Å². The molecule has 10 heteroatoms. The maximum absolute atomic E-state index is 15.0. The van der Waals surface area contributed by atoms with Gasteiger partial charge in [-0.15, -0.1) is 11.3 Å². The molecule has 41 heavy (non-hydrogen) atoms. The summed E-state index contributed by atoms with van der Waals surface area (Å²) in [6, 6.07) is 15.4. The van der Waals surface area contributed by atoms with Crippen LogP contribution in [0.5, 0.6) is 0 Å². The van der Waals surface area contributed by atoms with Crippen molar-refractivity contribution in [3.63, 3.8) is 0 Å². The molecular formula is C31H33N2O6PS. The van der Waals surface area contributed by atoms with Crippen molar-refractivity contribution in [2.45, 2.75) is 63.3 Å². The van der Waals surface area contributed by atoms with E-state index in [-0.39, 0.29) is 29.3 Å². The zero-order chi connectivity index (χ0) is 28.1. The van der Waals surface area contributed by atoms with E-state index in [9.17, 15) is 9.90 Å². The van der Waals surface area contributed by atoms with Crippen molar-refractivity contribution >= 4 is 41.6 Å². The highest BCUT2D eigenvalue weighted by Crippen LogP contribution is 2.65. The van der Waals surface area contributed by atoms with Gasteiger partial charge in [0.2, 0.25) is 0 Å². The zero-order valence-electron chi connectivity index (χ0n) is 22.9. The van der Waals surface area contributed by atoms with Gasteiger partial charge in [-0.2, -0.15) is 0 Å². The molecule has 3 aliphatic rings. The number of hydrogen-bond donors (Lipinski definition) is 1. The molecule has 1 N–H and O–H groups in total. The molecule has 3 aromatic heterocycles. The van der Waals surface area contributed by atoms with E-state index in [0.717, 1.165) is 58.5 Å². The van der Waals surface area contributed by atoms with Crippen LogP contribution in [0, 0.1) is 5.92 Å². The summed E-state index contributed by atoms with van der Waals surface area (Å²) in [5.74, 6) is 0.308. The van der Waals surface area contributed by atoms with E-state index in [0.29, 0.717) is 31.1 Å². The second-order valence-electron chi connectivity index (χ2n) is 11.5. The van der Waals surface area contributed by atoms with Crippen LogP contribution in [0.25, 0.3) is 32.9 Å². The van der Waals surface area contributed by atoms with E-state index in [4.69, 9.17) is 13.7 Å². The lowest BCUT2D eigenvalue weighted by Crippen LogP contribution is -2.41. The number of furan rings is 1. The number of carboxylic acids is 1. The monoisotopic (exact) mass is 592 g/mol. The molecule has 0 spiro atoms. The fraction of sp³-hybridized carbons (Fsp3) is 0.419. The Balaban J connectivity index is 1.27. The molecule has 2 aliphatic heterocycles. The summed E-state index contributed by atoms with van der Waals surface area (Å²) in [6.45, 7) is 3.08. The first kappa shape index (κ1) is 26.9. The van der Waals surface area contributed by atoms with E-state index < -0.39 is 13.5 Å². The maximum Gasteiger partial charge on any atom is 0.348 e. The third-order valence-corrected chi connectivity index (χ3v) is 13.0. The van der Waals surface area contributed by atoms with Crippen molar-refractivity contribution in [2.24, 2.45) is 5.92 Å². The molecule has 7 rings (SSSR count). The van der Waals surface area contributed by atoms with E-state index in [1.165, 1.54) is 11.3 Å². The Hall–Kier alpha value is -2.97. The Morgan fingerprint density at radius 1 is 1.07 bits per heavy atom. The quantitative estimate of drug-likeness (QED) is 0.232. The van der Waals surface area contributed by atoms with Crippen LogP contribution in [0.3, 0.4) is 0 Å². The smallest absolute Gasteiger partial charge is 0.348 e. The van der Waals surface area contributed by atoms with Crippen LogP contribution in [0.2, 0.25) is 0 Å². The van der Waals surface area contributed by atoms with Gasteiger partial charge < -0.3 is 18.8 Å². The third-order valence-electron chi connectivity index (χ3n) is 8.77. The predicted octanol–water partition coefficient (Wildman–Crippen LogP) is 8.08. The van der Waals surface area contributed by atoms with Gasteiger partial charge in [-0.3, -0.25) is 14.2 Å². The lowest BCUT2D eigenvalue weighted by Gasteiger charge is -2.42. The molecule has 4 aromatic rings. The molecule has 1 saturated carbocycles. The molecule has 8 nitrogen and oxygen atoms in total. The van der Waals surface area contributed by atoms with Crippen LogP contribution in [-0.4, -0.2) is 47.1 Å². The number of ether oxygens (including phenoxy) is 1. The first-order chi connectivity index (χ1) is 19.9. The largest absolute Gasteiger partial charge is 0.477 e. The molecule has 5 heterocycles. The van der Waals surface area contributed by atoms with Crippen molar-refractivity contribution in [3.05, 3.63) is 59.6 Å². The maximum atomic E-state index is 15.0. The number of carboxylic acid groups (broad SMARTS) is 1. The number of nitrogens with zero attached hydrogens (tertiary/aromatic N) is 2. The average Bonchev–Trinajstić information content (AvgIpc) is 3.60. The Bertz CT molecular complexity index is 1590. The van der Waals surface area contributed by atoms with Gasteiger partial charge >= 0.3 is 5.97 Å². The topological polar surface area (TPSA) is 102 Å². The first-order valence-electron chi connectivity index (χ1n) is 14.4. The number of benzene rings is 1. The molecule has 3 atom stereocenters. The number of pyridine rings is 1. The van der Waals surface area contributed by atoms with Gasteiger partial charge in [-0.25, -0.2) is 4.79 Å². The standard InChI is InChI=1S/C31H33N2O6PS/c1-19-4-10-24(11-5-19)40(36)33(22-12-14-37-23(15-22)18-38-40)26-17-29(41-30(26)31(34)35)21-8-6-20(7-9-21)28-16-25-27(39-28)3-2-13-32-25/h2-3,6-9,13,16-17,19,22-24H,4-5,10-12,14-15,18H2,1H3,(H,34,35)/t19?,22?,23?,24?,40-/m1/s1. The van der Waals surface area contributed by atoms with Crippen LogP contribution < -0.4 is 4.67 Å². The summed E-state index contributed by atoms with van der Waals surface area (Å²) in [5.41, 5.74) is 3.73. The van der Waals surface area contributed by atoms with E-state index >= 15 is 4.57 Å². The Kier molecular flexibility index (Phi) is 7.02. The van der Waals surface area contributed by atoms with Crippen LogP contribution in [0.1, 0.15) is 55.1 Å². The summed E-state index contributed by atoms with van der Waals surface area (Å²) < 4.78 is 35.2. The predicted molar refractivity (Wildman–Crippen MR) is 160 cm³/mol. The van der Waals surface area contributed by atoms with Crippen molar-refractivity contribution in [1.82, 2.24) is 4.98 Å². The van der Waals surface area contributed by atoms with Gasteiger partial charge in [0.15, 0.2) is 5.58 Å². The second-order valence-corrected chi connectivity index (χ2v) is 15.1. The van der Waals surface area contributed by atoms with Crippen LogP contribution in [0.4, 0.5) is 5.69 Å². The molecule has 2 bridgehead atoms. The number of rotatable bonds is 5. The van der Waals surface area contributed by atoms with Crippen LogP contribution in [0.15, 0.2) is 59.1 Å². The molecule has 3 fully saturated rings. The Labute approximate surface area is 242 Å². The van der Waals surface area contributed by atoms with Gasteiger partial charge in [-0.05, 0) is 68.2 Å². The number of hydrogen-bond acceptors (Lipinski definition) is 7. The van der Waals surface area contributed by atoms with E-state index in [1.54, 1.807) is 6.20 Å². The molecule has 0 amide bonds. The summed E-state index contributed by atoms with van der Waals surface area (Å²) >= 11 is 1.22. The summed E-state index contributed by atoms with van der Waals surface area (Å²) in [4.78, 5) is 18.0. The number of aromatic carboxylic acids is 1. The number of aromatic nitrogens is 1. The second kappa shape index (κ2) is 10.7. The number of fused-ring (bicyclic) bond motifs is 3. The minimum atomic E-state index is -3.39. The molecule has 1 aromatic carbocycles. The number of carbonyl (C=O) groups is 1. The van der Waals surface area contributed by atoms with Crippen molar-refractivity contribution < 1.29 is 28.1 Å². The highest BCUT2D eigenvalue weighted by atomic mass is 32.1.